The van der Waals surface area contributed by atoms with Crippen LogP contribution in [0.5, 0.6) is 0 Å². The number of nitrogens with zero attached hydrogens (tertiary/aromatic N) is 2. The molecule has 0 aliphatic heterocycles. The van der Waals surface area contributed by atoms with Crippen LogP contribution in [0.4, 0.5) is 0 Å². The molecule has 0 N–H and O–H groups in total. The fraction of sp³-hybridized carbons (Fsp3) is 0.615. The highest BCUT2D eigenvalue weighted by Crippen LogP contribution is 2.22. The summed E-state index contributed by atoms with van der Waals surface area (Å²) in [5.41, 5.74) is 2.87. The predicted molar refractivity (Wildman–Crippen MR) is 77.8 cm³/mol. The van der Waals surface area contributed by atoms with E-state index in [1.165, 1.54) is 0 Å². The van der Waals surface area contributed by atoms with Crippen molar-refractivity contribution in [1.82, 2.24) is 9.49 Å². The second kappa shape index (κ2) is 11.5. The highest BCUT2D eigenvalue weighted by molar-refractivity contribution is 7.20. The van der Waals surface area contributed by atoms with Crippen molar-refractivity contribution in [2.45, 2.75) is 55.4 Å². The van der Waals surface area contributed by atoms with Crippen molar-refractivity contribution < 1.29 is 4.42 Å². The van der Waals surface area contributed by atoms with Crippen LogP contribution in [0.25, 0.3) is 11.1 Å². The molecule has 2 aromatic heterocycles. The summed E-state index contributed by atoms with van der Waals surface area (Å²) in [6, 6.07) is 0. The molecule has 0 aliphatic carbocycles. The van der Waals surface area contributed by atoms with Gasteiger partial charge in [0.25, 0.3) is 0 Å². The van der Waals surface area contributed by atoms with Gasteiger partial charge in [-0.2, -0.15) is 0 Å². The lowest BCUT2D eigenvalue weighted by Gasteiger charge is -1.83. The standard InChI is InChI=1S/C7H7N2OP.3C2H6/c1-4-5(2)10-6-3-8-11-9-7(4)6;3*1-2/h3H,1-2H3;3*1-2H3. The Morgan fingerprint density at radius 3 is 2.00 bits per heavy atom. The maximum absolute atomic E-state index is 5.39. The third-order valence-electron chi connectivity index (χ3n) is 1.75. The van der Waals surface area contributed by atoms with E-state index in [1.807, 2.05) is 55.4 Å². The van der Waals surface area contributed by atoms with Crippen LogP contribution in [-0.4, -0.2) is 9.49 Å². The number of furan rings is 1. The van der Waals surface area contributed by atoms with Gasteiger partial charge in [-0.15, -0.1) is 0 Å². The zero-order valence-corrected chi connectivity index (χ0v) is 13.2. The van der Waals surface area contributed by atoms with Crippen molar-refractivity contribution in [3.63, 3.8) is 0 Å². The monoisotopic (exact) mass is 256 g/mol. The maximum atomic E-state index is 5.39. The summed E-state index contributed by atoms with van der Waals surface area (Å²) in [6.45, 7) is 15.9. The smallest absolute Gasteiger partial charge is 0.171 e. The van der Waals surface area contributed by atoms with Crippen molar-refractivity contribution in [3.05, 3.63) is 17.5 Å². The van der Waals surface area contributed by atoms with Crippen LogP contribution in [0.15, 0.2) is 10.6 Å². The van der Waals surface area contributed by atoms with Crippen molar-refractivity contribution in [2.75, 3.05) is 0 Å². The Morgan fingerprint density at radius 1 is 1.00 bits per heavy atom. The molecule has 3 nitrogen and oxygen atoms in total. The van der Waals surface area contributed by atoms with Gasteiger partial charge in [0.1, 0.15) is 11.3 Å². The van der Waals surface area contributed by atoms with Crippen molar-refractivity contribution in [1.29, 1.82) is 0 Å². The van der Waals surface area contributed by atoms with Crippen molar-refractivity contribution in [3.8, 4) is 0 Å². The van der Waals surface area contributed by atoms with Crippen LogP contribution in [0.3, 0.4) is 0 Å². The molecule has 0 atom stereocenters. The average Bonchev–Trinajstić information content (AvgIpc) is 2.73. The number of hydrogen-bond donors (Lipinski definition) is 0. The molecule has 2 aromatic rings. The van der Waals surface area contributed by atoms with E-state index in [1.54, 1.807) is 6.20 Å². The summed E-state index contributed by atoms with van der Waals surface area (Å²) < 4.78 is 13.5. The Balaban J connectivity index is 0. The Morgan fingerprint density at radius 2 is 1.53 bits per heavy atom. The SMILES string of the molecule is CC.CC.CC.Cc1oc2cnpnc2c1C. The Labute approximate surface area is 107 Å². The van der Waals surface area contributed by atoms with Gasteiger partial charge in [-0.25, -0.2) is 9.49 Å². The van der Waals surface area contributed by atoms with E-state index >= 15 is 0 Å². The van der Waals surface area contributed by atoms with E-state index in [0.717, 1.165) is 30.9 Å². The Kier molecular flexibility index (Phi) is 12.5. The Bertz CT molecular complexity index is 399. The average molecular weight is 256 g/mol. The van der Waals surface area contributed by atoms with Crippen molar-refractivity contribution >= 4 is 19.6 Å². The number of aryl methyl sites for hydroxylation is 2. The number of fused-ring (bicyclic) bond motifs is 1. The second-order valence-electron chi connectivity index (χ2n) is 2.43. The minimum atomic E-state index is 0.756. The molecule has 0 bridgehead atoms. The molecule has 0 saturated carbocycles. The molecule has 0 saturated heterocycles. The topological polar surface area (TPSA) is 38.9 Å². The quantitative estimate of drug-likeness (QED) is 0.624. The number of rotatable bonds is 0. The molecule has 2 heterocycles. The molecule has 4 heteroatoms. The molecule has 17 heavy (non-hydrogen) atoms. The van der Waals surface area contributed by atoms with Crippen molar-refractivity contribution in [2.24, 2.45) is 0 Å². The fourth-order valence-electron chi connectivity index (χ4n) is 1.00. The van der Waals surface area contributed by atoms with E-state index in [-0.39, 0.29) is 0 Å². The third kappa shape index (κ3) is 5.27. The van der Waals surface area contributed by atoms with E-state index in [9.17, 15) is 0 Å². The summed E-state index contributed by atoms with van der Waals surface area (Å²) in [7, 11) is 0.756. The zero-order chi connectivity index (χ0) is 13.8. The molecule has 0 aromatic carbocycles. The molecule has 0 amide bonds. The van der Waals surface area contributed by atoms with Gasteiger partial charge in [0.05, 0.1) is 6.20 Å². The van der Waals surface area contributed by atoms with Crippen LogP contribution < -0.4 is 0 Å². The summed E-state index contributed by atoms with van der Waals surface area (Å²) >= 11 is 0. The Hall–Kier alpha value is -0.950. The molecule has 2 rings (SSSR count). The molecule has 0 spiro atoms. The van der Waals surface area contributed by atoms with E-state index in [2.05, 4.69) is 9.49 Å². The first-order chi connectivity index (χ1) is 8.29. The first-order valence-electron chi connectivity index (χ1n) is 6.33. The molecule has 0 aliphatic rings. The normalized spacial score (nSPS) is 8.47. The first kappa shape index (κ1) is 18.4. The van der Waals surface area contributed by atoms with Gasteiger partial charge in [-0.1, -0.05) is 41.5 Å². The van der Waals surface area contributed by atoms with Gasteiger partial charge >= 0.3 is 0 Å². The second-order valence-corrected chi connectivity index (χ2v) is 3.04. The van der Waals surface area contributed by atoms with Crippen LogP contribution in [0.2, 0.25) is 0 Å². The minimum Gasteiger partial charge on any atom is -0.458 e. The minimum absolute atomic E-state index is 0.756. The molecule has 98 valence electrons. The van der Waals surface area contributed by atoms with E-state index < -0.39 is 0 Å². The molecule has 0 fully saturated rings. The summed E-state index contributed by atoms with van der Waals surface area (Å²) in [5.74, 6) is 0.933. The van der Waals surface area contributed by atoms with Gasteiger partial charge in [-0.3, -0.25) is 0 Å². The highest BCUT2D eigenvalue weighted by Gasteiger charge is 2.06. The first-order valence-corrected chi connectivity index (χ1v) is 7.13. The van der Waals surface area contributed by atoms with E-state index in [4.69, 9.17) is 4.42 Å². The lowest BCUT2D eigenvalue weighted by Crippen LogP contribution is -1.72. The predicted octanol–water partition coefficient (Wildman–Crippen LogP) is 5.50. The lowest BCUT2D eigenvalue weighted by molar-refractivity contribution is 0.574. The molecule has 0 radical (unpaired) electrons. The van der Waals surface area contributed by atoms with E-state index in [0.29, 0.717) is 0 Å². The largest absolute Gasteiger partial charge is 0.458 e. The van der Waals surface area contributed by atoms with Gasteiger partial charge < -0.3 is 4.42 Å². The van der Waals surface area contributed by atoms with Gasteiger partial charge in [0.15, 0.2) is 14.1 Å². The summed E-state index contributed by atoms with van der Waals surface area (Å²) in [4.78, 5) is 0. The van der Waals surface area contributed by atoms with Gasteiger partial charge in [0.2, 0.25) is 0 Å². The fourth-order valence-corrected chi connectivity index (χ4v) is 1.55. The maximum Gasteiger partial charge on any atom is 0.171 e. The zero-order valence-electron chi connectivity index (χ0n) is 12.3. The van der Waals surface area contributed by atoms with Gasteiger partial charge in [0, 0.05) is 5.56 Å². The van der Waals surface area contributed by atoms with Crippen LogP contribution in [-0.2, 0) is 0 Å². The van der Waals surface area contributed by atoms with Crippen LogP contribution in [0, 0.1) is 13.8 Å². The number of hydrogen-bond acceptors (Lipinski definition) is 3. The lowest BCUT2D eigenvalue weighted by atomic mass is 10.3. The highest BCUT2D eigenvalue weighted by atomic mass is 31.1. The molecule has 0 unspecified atom stereocenters. The third-order valence-corrected chi connectivity index (χ3v) is 2.26. The molecular weight excluding hydrogens is 231 g/mol. The van der Waals surface area contributed by atoms with Crippen LogP contribution >= 0.6 is 8.51 Å². The summed E-state index contributed by atoms with van der Waals surface area (Å²) in [5, 5.41) is 0. The summed E-state index contributed by atoms with van der Waals surface area (Å²) in [6.07, 6.45) is 1.73. The molecular formula is C13H25N2OP. The van der Waals surface area contributed by atoms with Gasteiger partial charge in [-0.05, 0) is 13.8 Å². The number of aromatic nitrogens is 2. The van der Waals surface area contributed by atoms with Crippen LogP contribution in [0.1, 0.15) is 52.9 Å².